The predicted octanol–water partition coefficient (Wildman–Crippen LogP) is 3.84. The van der Waals surface area contributed by atoms with Crippen LogP contribution in [-0.4, -0.2) is 32.7 Å². The van der Waals surface area contributed by atoms with Crippen LogP contribution in [0.5, 0.6) is 11.5 Å². The van der Waals surface area contributed by atoms with Crippen molar-refractivity contribution in [3.05, 3.63) is 53.8 Å². The molecule has 0 unspecified atom stereocenters. The molecule has 1 aliphatic carbocycles. The molecule has 0 atom stereocenters. The van der Waals surface area contributed by atoms with Crippen molar-refractivity contribution < 1.29 is 28.2 Å². The minimum atomic E-state index is -1.04. The second kappa shape index (κ2) is 8.94. The highest BCUT2D eigenvalue weighted by Gasteiger charge is 2.45. The number of methoxy groups -OCH3 is 2. The molecule has 6 nitrogen and oxygen atoms in total. The zero-order valence-corrected chi connectivity index (χ0v) is 16.5. The van der Waals surface area contributed by atoms with Crippen molar-refractivity contribution >= 4 is 17.6 Å². The van der Waals surface area contributed by atoms with E-state index in [9.17, 15) is 14.0 Å². The summed E-state index contributed by atoms with van der Waals surface area (Å²) in [6, 6.07) is 11.2. The summed E-state index contributed by atoms with van der Waals surface area (Å²) in [5.41, 5.74) is -0.252. The van der Waals surface area contributed by atoms with E-state index in [1.54, 1.807) is 36.4 Å². The molecule has 1 amide bonds. The number of carbonyl (C=O) groups is 2. The lowest BCUT2D eigenvalue weighted by Crippen LogP contribution is -2.37. The summed E-state index contributed by atoms with van der Waals surface area (Å²) in [5.74, 6) is -0.477. The summed E-state index contributed by atoms with van der Waals surface area (Å²) in [6.45, 7) is -0.464. The van der Waals surface area contributed by atoms with Gasteiger partial charge in [-0.15, -0.1) is 0 Å². The number of anilines is 1. The van der Waals surface area contributed by atoms with Crippen LogP contribution in [0.2, 0.25) is 0 Å². The quantitative estimate of drug-likeness (QED) is 0.714. The first-order valence-corrected chi connectivity index (χ1v) is 9.43. The van der Waals surface area contributed by atoms with E-state index in [0.29, 0.717) is 35.6 Å². The van der Waals surface area contributed by atoms with Crippen molar-refractivity contribution in [2.75, 3.05) is 26.1 Å². The number of hydrogen-bond donors (Lipinski definition) is 1. The maximum Gasteiger partial charge on any atom is 0.317 e. The Hall–Kier alpha value is -3.09. The van der Waals surface area contributed by atoms with Gasteiger partial charge >= 0.3 is 5.97 Å². The maximum absolute atomic E-state index is 14.4. The second-order valence-electron chi connectivity index (χ2n) is 6.99. The van der Waals surface area contributed by atoms with Gasteiger partial charge in [0, 0.05) is 29.4 Å². The topological polar surface area (TPSA) is 73.9 Å². The highest BCUT2D eigenvalue weighted by Crippen LogP contribution is 2.43. The molecule has 29 heavy (non-hydrogen) atoms. The summed E-state index contributed by atoms with van der Waals surface area (Å²) < 4.78 is 30.0. The lowest BCUT2D eigenvalue weighted by Gasteiger charge is -2.27. The van der Waals surface area contributed by atoms with E-state index in [1.807, 2.05) is 0 Å². The van der Waals surface area contributed by atoms with E-state index in [0.717, 1.165) is 12.8 Å². The molecule has 0 bridgehead atoms. The van der Waals surface area contributed by atoms with Crippen molar-refractivity contribution in [3.63, 3.8) is 0 Å². The average molecular weight is 401 g/mol. The molecule has 0 aliphatic heterocycles. The van der Waals surface area contributed by atoms with Gasteiger partial charge in [0.1, 0.15) is 17.3 Å². The summed E-state index contributed by atoms with van der Waals surface area (Å²) in [4.78, 5) is 25.2. The van der Waals surface area contributed by atoms with Crippen LogP contribution in [0.4, 0.5) is 10.1 Å². The number of halogens is 1. The molecule has 0 radical (unpaired) electrons. The van der Waals surface area contributed by atoms with Crippen LogP contribution in [0.15, 0.2) is 42.5 Å². The number of ether oxygens (including phenoxy) is 3. The number of nitrogens with one attached hydrogen (secondary N) is 1. The Morgan fingerprint density at radius 3 is 2.24 bits per heavy atom. The number of carbonyl (C=O) groups excluding carboxylic acids is 2. The highest BCUT2D eigenvalue weighted by atomic mass is 19.1. The summed E-state index contributed by atoms with van der Waals surface area (Å²) in [6.07, 6.45) is 2.61. The first-order chi connectivity index (χ1) is 14.0. The fourth-order valence-corrected chi connectivity index (χ4v) is 3.76. The van der Waals surface area contributed by atoms with Gasteiger partial charge in [-0.3, -0.25) is 9.59 Å². The Morgan fingerprint density at radius 1 is 1.03 bits per heavy atom. The highest BCUT2D eigenvalue weighted by molar-refractivity contribution is 5.94. The van der Waals surface area contributed by atoms with Crippen LogP contribution in [0.1, 0.15) is 31.2 Å². The van der Waals surface area contributed by atoms with Crippen LogP contribution in [0.25, 0.3) is 0 Å². The molecule has 2 aromatic rings. The first kappa shape index (κ1) is 20.6. The van der Waals surface area contributed by atoms with Crippen LogP contribution in [-0.2, 0) is 19.7 Å². The first-order valence-electron chi connectivity index (χ1n) is 9.43. The normalized spacial score (nSPS) is 14.9. The lowest BCUT2D eigenvalue weighted by atomic mass is 9.78. The zero-order valence-electron chi connectivity index (χ0n) is 16.5. The van der Waals surface area contributed by atoms with Crippen molar-refractivity contribution in [2.24, 2.45) is 0 Å². The molecule has 7 heteroatoms. The summed E-state index contributed by atoms with van der Waals surface area (Å²) >= 11 is 0. The molecule has 1 aliphatic rings. The molecule has 1 saturated carbocycles. The molecule has 0 spiro atoms. The van der Waals surface area contributed by atoms with E-state index in [4.69, 9.17) is 14.2 Å². The van der Waals surface area contributed by atoms with Crippen molar-refractivity contribution in [1.82, 2.24) is 0 Å². The third kappa shape index (κ3) is 4.50. The van der Waals surface area contributed by atoms with Crippen LogP contribution >= 0.6 is 0 Å². The van der Waals surface area contributed by atoms with Crippen molar-refractivity contribution in [1.29, 1.82) is 0 Å². The molecule has 0 heterocycles. The van der Waals surface area contributed by atoms with Gasteiger partial charge in [0.25, 0.3) is 5.91 Å². The Bertz CT molecular complexity index is 870. The van der Waals surface area contributed by atoms with Crippen LogP contribution < -0.4 is 14.8 Å². The van der Waals surface area contributed by atoms with Gasteiger partial charge in [-0.1, -0.05) is 31.0 Å². The number of esters is 1. The smallest absolute Gasteiger partial charge is 0.317 e. The Morgan fingerprint density at radius 2 is 1.66 bits per heavy atom. The zero-order chi connectivity index (χ0) is 20.9. The van der Waals surface area contributed by atoms with Gasteiger partial charge in [0.2, 0.25) is 0 Å². The van der Waals surface area contributed by atoms with E-state index in [1.165, 1.54) is 20.3 Å². The van der Waals surface area contributed by atoms with Gasteiger partial charge in [-0.2, -0.15) is 0 Å². The van der Waals surface area contributed by atoms with Gasteiger partial charge in [-0.25, -0.2) is 4.39 Å². The van der Waals surface area contributed by atoms with Gasteiger partial charge in [0.15, 0.2) is 6.61 Å². The van der Waals surface area contributed by atoms with E-state index < -0.39 is 29.7 Å². The summed E-state index contributed by atoms with van der Waals surface area (Å²) in [7, 11) is 3.01. The molecule has 2 aromatic carbocycles. The Kier molecular flexibility index (Phi) is 6.36. The Balaban J connectivity index is 1.68. The third-order valence-electron chi connectivity index (χ3n) is 5.21. The molecule has 0 aromatic heterocycles. The Labute approximate surface area is 169 Å². The number of benzene rings is 2. The predicted molar refractivity (Wildman–Crippen MR) is 106 cm³/mol. The van der Waals surface area contributed by atoms with Gasteiger partial charge < -0.3 is 19.5 Å². The number of hydrogen-bond acceptors (Lipinski definition) is 5. The largest absolute Gasteiger partial charge is 0.497 e. The van der Waals surface area contributed by atoms with E-state index in [-0.39, 0.29) is 0 Å². The van der Waals surface area contributed by atoms with Crippen LogP contribution in [0, 0.1) is 5.82 Å². The van der Waals surface area contributed by atoms with E-state index in [2.05, 4.69) is 5.32 Å². The van der Waals surface area contributed by atoms with Crippen molar-refractivity contribution in [3.8, 4) is 11.5 Å². The number of rotatable bonds is 7. The standard InChI is InChI=1S/C22H24FNO5/c1-27-16-11-15(12-17(13-16)28-2)24-20(25)14-29-21(26)22(9-5-6-10-22)18-7-3-4-8-19(18)23/h3-4,7-8,11-13H,5-6,9-10,14H2,1-2H3,(H,24,25). The summed E-state index contributed by atoms with van der Waals surface area (Å²) in [5, 5.41) is 2.65. The molecular formula is C22H24FNO5. The minimum absolute atomic E-state index is 0.334. The lowest BCUT2D eigenvalue weighted by molar-refractivity contribution is -0.153. The fourth-order valence-electron chi connectivity index (χ4n) is 3.76. The van der Waals surface area contributed by atoms with Crippen molar-refractivity contribution in [2.45, 2.75) is 31.1 Å². The SMILES string of the molecule is COc1cc(NC(=O)COC(=O)C2(c3ccccc3F)CCCC2)cc(OC)c1. The number of amides is 1. The average Bonchev–Trinajstić information content (AvgIpc) is 3.23. The fraction of sp³-hybridized carbons (Fsp3) is 0.364. The van der Waals surface area contributed by atoms with E-state index >= 15 is 0 Å². The monoisotopic (exact) mass is 401 g/mol. The molecule has 1 fully saturated rings. The molecule has 3 rings (SSSR count). The van der Waals surface area contributed by atoms with Gasteiger partial charge in [0.05, 0.1) is 19.6 Å². The maximum atomic E-state index is 14.4. The molecular weight excluding hydrogens is 377 g/mol. The molecule has 0 saturated heterocycles. The van der Waals surface area contributed by atoms with Gasteiger partial charge in [-0.05, 0) is 18.9 Å². The molecule has 1 N–H and O–H groups in total. The van der Waals surface area contributed by atoms with Crippen LogP contribution in [0.3, 0.4) is 0 Å². The second-order valence-corrected chi connectivity index (χ2v) is 6.99. The third-order valence-corrected chi connectivity index (χ3v) is 5.21. The minimum Gasteiger partial charge on any atom is -0.497 e. The molecule has 154 valence electrons.